The summed E-state index contributed by atoms with van der Waals surface area (Å²) in [7, 11) is 0. The number of benzene rings is 3. The van der Waals surface area contributed by atoms with Crippen molar-refractivity contribution < 1.29 is 0 Å². The molecule has 0 atom stereocenters. The molecule has 0 saturated heterocycles. The fourth-order valence-corrected chi connectivity index (χ4v) is 3.14. The van der Waals surface area contributed by atoms with E-state index in [0.29, 0.717) is 0 Å². The Bertz CT molecular complexity index is 748. The van der Waals surface area contributed by atoms with Crippen molar-refractivity contribution in [2.75, 3.05) is 0 Å². The molecule has 3 rings (SSSR count). The highest BCUT2D eigenvalue weighted by Crippen LogP contribution is 2.31. The van der Waals surface area contributed by atoms with E-state index >= 15 is 0 Å². The van der Waals surface area contributed by atoms with Crippen molar-refractivity contribution in [3.8, 4) is 22.3 Å². The fourth-order valence-electron chi connectivity index (χ4n) is 2.23. The second-order valence-electron chi connectivity index (χ2n) is 4.57. The first-order valence-corrected chi connectivity index (χ1v) is 7.93. The number of hydrogen-bond donors (Lipinski definition) is 0. The van der Waals surface area contributed by atoms with Crippen LogP contribution in [0.25, 0.3) is 22.3 Å². The standard InChI is InChI=1S/C18H12Br2/c19-16-8-4-6-14(12-16)13-5-3-7-15(11-13)17-9-1-2-10-18(17)20/h1-12H. The highest BCUT2D eigenvalue weighted by Gasteiger charge is 2.04. The van der Waals surface area contributed by atoms with E-state index in [9.17, 15) is 0 Å². The summed E-state index contributed by atoms with van der Waals surface area (Å²) >= 11 is 7.14. The molecule has 0 aliphatic heterocycles. The van der Waals surface area contributed by atoms with Crippen LogP contribution in [0.3, 0.4) is 0 Å². The van der Waals surface area contributed by atoms with Crippen LogP contribution < -0.4 is 0 Å². The Balaban J connectivity index is 2.09. The molecule has 0 N–H and O–H groups in total. The van der Waals surface area contributed by atoms with Crippen LogP contribution in [0.5, 0.6) is 0 Å². The van der Waals surface area contributed by atoms with Crippen LogP contribution in [0.4, 0.5) is 0 Å². The van der Waals surface area contributed by atoms with E-state index < -0.39 is 0 Å². The minimum absolute atomic E-state index is 1.10. The minimum Gasteiger partial charge on any atom is -0.0616 e. The van der Waals surface area contributed by atoms with Gasteiger partial charge in [0.05, 0.1) is 0 Å². The predicted octanol–water partition coefficient (Wildman–Crippen LogP) is 6.55. The van der Waals surface area contributed by atoms with Gasteiger partial charge in [-0.05, 0) is 46.5 Å². The molecule has 0 saturated carbocycles. The summed E-state index contributed by atoms with van der Waals surface area (Å²) in [5.74, 6) is 0. The molecule has 0 aromatic heterocycles. The maximum Gasteiger partial charge on any atom is 0.0253 e. The summed E-state index contributed by atoms with van der Waals surface area (Å²) in [6.07, 6.45) is 0. The van der Waals surface area contributed by atoms with Crippen molar-refractivity contribution >= 4 is 31.9 Å². The topological polar surface area (TPSA) is 0 Å². The molecule has 0 bridgehead atoms. The summed E-state index contributed by atoms with van der Waals surface area (Å²) in [6.45, 7) is 0. The van der Waals surface area contributed by atoms with E-state index in [1.165, 1.54) is 22.3 Å². The van der Waals surface area contributed by atoms with E-state index in [1.54, 1.807) is 0 Å². The Kier molecular flexibility index (Phi) is 4.04. The van der Waals surface area contributed by atoms with Gasteiger partial charge in [0.25, 0.3) is 0 Å². The van der Waals surface area contributed by atoms with Gasteiger partial charge in [-0.2, -0.15) is 0 Å². The smallest absolute Gasteiger partial charge is 0.0253 e. The molecule has 0 nitrogen and oxygen atoms in total. The van der Waals surface area contributed by atoms with Crippen molar-refractivity contribution in [2.45, 2.75) is 0 Å². The van der Waals surface area contributed by atoms with Crippen molar-refractivity contribution in [1.29, 1.82) is 0 Å². The highest BCUT2D eigenvalue weighted by atomic mass is 79.9. The first-order valence-electron chi connectivity index (χ1n) is 6.35. The van der Waals surface area contributed by atoms with Gasteiger partial charge in [-0.15, -0.1) is 0 Å². The largest absolute Gasteiger partial charge is 0.0616 e. The van der Waals surface area contributed by atoms with Crippen LogP contribution in [-0.2, 0) is 0 Å². The number of hydrogen-bond acceptors (Lipinski definition) is 0. The first kappa shape index (κ1) is 13.6. The third-order valence-electron chi connectivity index (χ3n) is 3.21. The molecule has 0 heterocycles. The SMILES string of the molecule is Brc1cccc(-c2cccc(-c3ccccc3Br)c2)c1. The predicted molar refractivity (Wildman–Crippen MR) is 92.7 cm³/mol. The molecular weight excluding hydrogens is 376 g/mol. The quantitative estimate of drug-likeness (QED) is 0.467. The fraction of sp³-hybridized carbons (Fsp3) is 0. The maximum absolute atomic E-state index is 3.62. The van der Waals surface area contributed by atoms with Gasteiger partial charge in [0, 0.05) is 8.95 Å². The zero-order valence-electron chi connectivity index (χ0n) is 10.7. The van der Waals surface area contributed by atoms with E-state index in [0.717, 1.165) is 8.95 Å². The van der Waals surface area contributed by atoms with E-state index in [-0.39, 0.29) is 0 Å². The van der Waals surface area contributed by atoms with Crippen molar-refractivity contribution in [2.24, 2.45) is 0 Å². The second kappa shape index (κ2) is 5.94. The normalized spacial score (nSPS) is 10.5. The average molecular weight is 388 g/mol. The summed E-state index contributed by atoms with van der Waals surface area (Å²) in [5.41, 5.74) is 4.87. The summed E-state index contributed by atoms with van der Waals surface area (Å²) in [6, 6.07) is 25.3. The van der Waals surface area contributed by atoms with Crippen molar-refractivity contribution in [1.82, 2.24) is 0 Å². The van der Waals surface area contributed by atoms with Gasteiger partial charge in [0.2, 0.25) is 0 Å². The van der Waals surface area contributed by atoms with Crippen LogP contribution in [0, 0.1) is 0 Å². The van der Waals surface area contributed by atoms with Crippen LogP contribution in [0.1, 0.15) is 0 Å². The molecule has 3 aromatic carbocycles. The van der Waals surface area contributed by atoms with Crippen LogP contribution in [0.15, 0.2) is 81.7 Å². The van der Waals surface area contributed by atoms with E-state index in [2.05, 4.69) is 92.5 Å². The molecule has 0 aliphatic rings. The Morgan fingerprint density at radius 3 is 1.95 bits per heavy atom. The summed E-state index contributed by atoms with van der Waals surface area (Å²) < 4.78 is 2.22. The van der Waals surface area contributed by atoms with Gasteiger partial charge >= 0.3 is 0 Å². The maximum atomic E-state index is 3.62. The molecule has 98 valence electrons. The molecule has 2 heteroatoms. The highest BCUT2D eigenvalue weighted by molar-refractivity contribution is 9.10. The molecule has 0 amide bonds. The molecule has 0 fully saturated rings. The lowest BCUT2D eigenvalue weighted by Crippen LogP contribution is -1.82. The third kappa shape index (κ3) is 2.87. The molecule has 0 radical (unpaired) electrons. The van der Waals surface area contributed by atoms with Gasteiger partial charge in [0.1, 0.15) is 0 Å². The van der Waals surface area contributed by atoms with Gasteiger partial charge in [0.15, 0.2) is 0 Å². The zero-order chi connectivity index (χ0) is 13.9. The van der Waals surface area contributed by atoms with Gasteiger partial charge in [-0.1, -0.05) is 80.4 Å². The number of halogens is 2. The second-order valence-corrected chi connectivity index (χ2v) is 6.34. The van der Waals surface area contributed by atoms with E-state index in [1.807, 2.05) is 12.1 Å². The minimum atomic E-state index is 1.10. The Hall–Kier alpha value is -1.38. The Morgan fingerprint density at radius 2 is 1.20 bits per heavy atom. The van der Waals surface area contributed by atoms with Crippen LogP contribution in [0.2, 0.25) is 0 Å². The molecular formula is C18H12Br2. The zero-order valence-corrected chi connectivity index (χ0v) is 13.9. The average Bonchev–Trinajstić information content (AvgIpc) is 2.48. The van der Waals surface area contributed by atoms with Gasteiger partial charge < -0.3 is 0 Å². The van der Waals surface area contributed by atoms with Gasteiger partial charge in [-0.25, -0.2) is 0 Å². The molecule has 3 aromatic rings. The Morgan fingerprint density at radius 1 is 0.550 bits per heavy atom. The van der Waals surface area contributed by atoms with Gasteiger partial charge in [-0.3, -0.25) is 0 Å². The summed E-state index contributed by atoms with van der Waals surface area (Å²) in [4.78, 5) is 0. The summed E-state index contributed by atoms with van der Waals surface area (Å²) in [5, 5.41) is 0. The number of rotatable bonds is 2. The Labute approximate surface area is 135 Å². The first-order chi connectivity index (χ1) is 9.74. The van der Waals surface area contributed by atoms with Crippen LogP contribution >= 0.6 is 31.9 Å². The van der Waals surface area contributed by atoms with Crippen molar-refractivity contribution in [3.05, 3.63) is 81.7 Å². The van der Waals surface area contributed by atoms with Crippen molar-refractivity contribution in [3.63, 3.8) is 0 Å². The lowest BCUT2D eigenvalue weighted by molar-refractivity contribution is 1.56. The molecule has 20 heavy (non-hydrogen) atoms. The molecule has 0 unspecified atom stereocenters. The van der Waals surface area contributed by atoms with E-state index in [4.69, 9.17) is 0 Å². The molecule has 0 spiro atoms. The monoisotopic (exact) mass is 386 g/mol. The third-order valence-corrected chi connectivity index (χ3v) is 4.39. The molecule has 0 aliphatic carbocycles. The lowest BCUT2D eigenvalue weighted by atomic mass is 9.99. The van der Waals surface area contributed by atoms with Crippen LogP contribution in [-0.4, -0.2) is 0 Å². The lowest BCUT2D eigenvalue weighted by Gasteiger charge is -2.08.